The molecule has 0 bridgehead atoms. The number of amides is 1. The van der Waals surface area contributed by atoms with Crippen LogP contribution in [0.4, 0.5) is 14.5 Å². The highest BCUT2D eigenvalue weighted by Gasteiger charge is 2.09. The van der Waals surface area contributed by atoms with Gasteiger partial charge in [0.05, 0.1) is 6.07 Å². The lowest BCUT2D eigenvalue weighted by Gasteiger charge is -2.08. The predicted octanol–water partition coefficient (Wildman–Crippen LogP) is 1.94. The Labute approximate surface area is 124 Å². The number of halogens is 2. The van der Waals surface area contributed by atoms with Crippen LogP contribution in [0.5, 0.6) is 11.6 Å². The van der Waals surface area contributed by atoms with Crippen molar-refractivity contribution in [3.63, 3.8) is 0 Å². The van der Waals surface area contributed by atoms with Crippen LogP contribution in [0.15, 0.2) is 48.7 Å². The van der Waals surface area contributed by atoms with E-state index in [0.717, 1.165) is 0 Å². The Morgan fingerprint density at radius 3 is 2.59 bits per heavy atom. The normalized spacial score (nSPS) is 10.3. The molecule has 0 saturated carbocycles. The number of nitrogens with zero attached hydrogens (tertiary/aromatic N) is 1. The van der Waals surface area contributed by atoms with Gasteiger partial charge < -0.3 is 20.0 Å². The van der Waals surface area contributed by atoms with Crippen molar-refractivity contribution in [3.8, 4) is 11.6 Å². The first kappa shape index (κ1) is 15.5. The van der Waals surface area contributed by atoms with Gasteiger partial charge in [-0.15, -0.1) is 4.73 Å². The van der Waals surface area contributed by atoms with Gasteiger partial charge in [0.15, 0.2) is 12.8 Å². The second-order valence-electron chi connectivity index (χ2n) is 4.10. The maximum atomic E-state index is 12.0. The summed E-state index contributed by atoms with van der Waals surface area (Å²) in [4.78, 5) is 11.7. The van der Waals surface area contributed by atoms with Crippen LogP contribution >= 0.6 is 0 Å². The summed E-state index contributed by atoms with van der Waals surface area (Å²) < 4.78 is 33.7. The Morgan fingerprint density at radius 2 is 1.95 bits per heavy atom. The van der Waals surface area contributed by atoms with E-state index >= 15 is 0 Å². The highest BCUT2D eigenvalue weighted by atomic mass is 19.3. The molecule has 0 fully saturated rings. The molecule has 0 aliphatic carbocycles. The number of alkyl halides is 2. The highest BCUT2D eigenvalue weighted by molar-refractivity contribution is 5.91. The number of nitrogens with one attached hydrogen (secondary N) is 1. The second-order valence-corrected chi connectivity index (χ2v) is 4.10. The molecular weight excluding hydrogens is 298 g/mol. The van der Waals surface area contributed by atoms with Crippen LogP contribution in [0, 0.1) is 5.21 Å². The summed E-state index contributed by atoms with van der Waals surface area (Å²) in [5, 5.41) is 13.8. The number of benzene rings is 1. The first-order valence-electron chi connectivity index (χ1n) is 6.20. The van der Waals surface area contributed by atoms with Crippen LogP contribution in [0.2, 0.25) is 0 Å². The van der Waals surface area contributed by atoms with Crippen molar-refractivity contribution in [2.45, 2.75) is 6.61 Å². The fourth-order valence-corrected chi connectivity index (χ4v) is 1.58. The zero-order valence-corrected chi connectivity index (χ0v) is 11.2. The van der Waals surface area contributed by atoms with Crippen LogP contribution in [-0.4, -0.2) is 19.1 Å². The molecule has 0 spiro atoms. The van der Waals surface area contributed by atoms with Gasteiger partial charge in [0.25, 0.3) is 5.91 Å². The lowest BCUT2D eigenvalue weighted by atomic mass is 10.3. The average Bonchev–Trinajstić information content (AvgIpc) is 2.48. The molecule has 2 aromatic rings. The van der Waals surface area contributed by atoms with Gasteiger partial charge in [0, 0.05) is 11.8 Å². The molecule has 1 heterocycles. The molecule has 116 valence electrons. The fraction of sp³-hybridized carbons (Fsp3) is 0.143. The molecule has 0 aliphatic rings. The van der Waals surface area contributed by atoms with E-state index in [0.29, 0.717) is 10.4 Å². The summed E-state index contributed by atoms with van der Waals surface area (Å²) in [7, 11) is 0. The average molecular weight is 310 g/mol. The van der Waals surface area contributed by atoms with Crippen molar-refractivity contribution in [2.24, 2.45) is 0 Å². The van der Waals surface area contributed by atoms with Crippen molar-refractivity contribution in [1.82, 2.24) is 0 Å². The largest absolute Gasteiger partial charge is 0.616 e. The van der Waals surface area contributed by atoms with Gasteiger partial charge in [-0.25, -0.2) is 0 Å². The number of aromatic nitrogens is 1. The first-order valence-corrected chi connectivity index (χ1v) is 6.20. The Morgan fingerprint density at radius 1 is 1.23 bits per heavy atom. The van der Waals surface area contributed by atoms with Crippen LogP contribution in [0.1, 0.15) is 0 Å². The molecule has 1 N–H and O–H groups in total. The standard InChI is InChI=1S/C14H12F2N2O4/c15-14(16)22-11-6-4-10(5-7-11)17-12(19)9-21-13-3-1-2-8-18(13)20/h1-8,14H,9H2,(H,17,19). The summed E-state index contributed by atoms with van der Waals surface area (Å²) in [6.45, 7) is -3.26. The molecule has 1 aromatic heterocycles. The van der Waals surface area contributed by atoms with Crippen molar-refractivity contribution in [2.75, 3.05) is 11.9 Å². The van der Waals surface area contributed by atoms with E-state index in [-0.39, 0.29) is 18.2 Å². The number of hydrogen-bond acceptors (Lipinski definition) is 4. The molecule has 0 atom stereocenters. The molecule has 22 heavy (non-hydrogen) atoms. The molecule has 0 aliphatic heterocycles. The van der Waals surface area contributed by atoms with Gasteiger partial charge in [-0.05, 0) is 30.3 Å². The third kappa shape index (κ3) is 4.58. The fourth-order valence-electron chi connectivity index (χ4n) is 1.58. The Bertz CT molecular complexity index is 635. The monoisotopic (exact) mass is 310 g/mol. The zero-order chi connectivity index (χ0) is 15.9. The summed E-state index contributed by atoms with van der Waals surface area (Å²) in [5.41, 5.74) is 0.387. The van der Waals surface area contributed by atoms with E-state index in [1.165, 1.54) is 42.6 Å². The Hall–Kier alpha value is -2.90. The maximum absolute atomic E-state index is 12.0. The summed E-state index contributed by atoms with van der Waals surface area (Å²) in [6.07, 6.45) is 1.25. The number of pyridine rings is 1. The highest BCUT2D eigenvalue weighted by Crippen LogP contribution is 2.17. The number of anilines is 1. The summed E-state index contributed by atoms with van der Waals surface area (Å²) >= 11 is 0. The van der Waals surface area contributed by atoms with Crippen LogP contribution in [0.25, 0.3) is 0 Å². The minimum Gasteiger partial charge on any atom is -0.616 e. The number of carbonyl (C=O) groups excluding carboxylic acids is 1. The minimum absolute atomic E-state index is 0.00155. The number of rotatable bonds is 6. The van der Waals surface area contributed by atoms with E-state index < -0.39 is 12.5 Å². The second kappa shape index (κ2) is 7.21. The van der Waals surface area contributed by atoms with Crippen LogP contribution < -0.4 is 19.5 Å². The number of carbonyl (C=O) groups is 1. The van der Waals surface area contributed by atoms with Gasteiger partial charge in [-0.1, -0.05) is 0 Å². The molecule has 0 radical (unpaired) electrons. The molecule has 6 nitrogen and oxygen atoms in total. The van der Waals surface area contributed by atoms with E-state index in [2.05, 4.69) is 10.1 Å². The van der Waals surface area contributed by atoms with Gasteiger partial charge in [0.2, 0.25) is 0 Å². The van der Waals surface area contributed by atoms with E-state index in [1.54, 1.807) is 6.07 Å². The topological polar surface area (TPSA) is 74.5 Å². The third-order valence-electron chi connectivity index (χ3n) is 2.50. The molecule has 0 unspecified atom stereocenters. The van der Waals surface area contributed by atoms with Gasteiger partial charge in [-0.3, -0.25) is 4.79 Å². The summed E-state index contributed by atoms with van der Waals surface area (Å²) in [5.74, 6) is -0.509. The van der Waals surface area contributed by atoms with Gasteiger partial charge in [-0.2, -0.15) is 8.78 Å². The maximum Gasteiger partial charge on any atom is 0.387 e. The Balaban J connectivity index is 1.85. The summed E-state index contributed by atoms with van der Waals surface area (Å²) in [6, 6.07) is 9.97. The number of ether oxygens (including phenoxy) is 2. The van der Waals surface area contributed by atoms with Gasteiger partial charge in [0.1, 0.15) is 5.75 Å². The zero-order valence-electron chi connectivity index (χ0n) is 11.2. The molecular formula is C14H12F2N2O4. The molecule has 1 aromatic carbocycles. The van der Waals surface area contributed by atoms with Crippen LogP contribution in [-0.2, 0) is 4.79 Å². The van der Waals surface area contributed by atoms with E-state index in [9.17, 15) is 18.8 Å². The number of hydrogen-bond donors (Lipinski definition) is 1. The Kier molecular flexibility index (Phi) is 5.07. The van der Waals surface area contributed by atoms with Crippen LogP contribution in [0.3, 0.4) is 0 Å². The van der Waals surface area contributed by atoms with E-state index in [1.807, 2.05) is 0 Å². The molecule has 1 amide bonds. The smallest absolute Gasteiger partial charge is 0.387 e. The van der Waals surface area contributed by atoms with Crippen molar-refractivity contribution < 1.29 is 27.8 Å². The quantitative estimate of drug-likeness (QED) is 0.653. The van der Waals surface area contributed by atoms with Crippen molar-refractivity contribution >= 4 is 11.6 Å². The van der Waals surface area contributed by atoms with E-state index in [4.69, 9.17) is 4.74 Å². The predicted molar refractivity (Wildman–Crippen MR) is 72.6 cm³/mol. The SMILES string of the molecule is O=C(COc1cccc[n+]1[O-])Nc1ccc(OC(F)F)cc1. The minimum atomic E-state index is -2.90. The van der Waals surface area contributed by atoms with Gasteiger partial charge >= 0.3 is 12.5 Å². The molecule has 0 saturated heterocycles. The lowest BCUT2D eigenvalue weighted by Crippen LogP contribution is -2.30. The van der Waals surface area contributed by atoms with Crippen molar-refractivity contribution in [3.05, 3.63) is 53.9 Å². The van der Waals surface area contributed by atoms with Crippen molar-refractivity contribution in [1.29, 1.82) is 0 Å². The third-order valence-corrected chi connectivity index (χ3v) is 2.50. The molecule has 8 heteroatoms. The lowest BCUT2D eigenvalue weighted by molar-refractivity contribution is -0.612. The molecule has 2 rings (SSSR count). The first-order chi connectivity index (χ1) is 10.5.